The van der Waals surface area contributed by atoms with Crippen molar-refractivity contribution < 1.29 is 14.3 Å². The Hall–Kier alpha value is -1.84. The van der Waals surface area contributed by atoms with Gasteiger partial charge in [0, 0.05) is 41.0 Å². The molecule has 0 bridgehead atoms. The lowest BCUT2D eigenvalue weighted by Crippen LogP contribution is -2.38. The molecule has 1 N–H and O–H groups in total. The molecule has 28 heavy (non-hydrogen) atoms. The number of benzene rings is 2. The van der Waals surface area contributed by atoms with Gasteiger partial charge in [-0.1, -0.05) is 6.07 Å². The van der Waals surface area contributed by atoms with Gasteiger partial charge in [0.25, 0.3) is 5.91 Å². The van der Waals surface area contributed by atoms with Gasteiger partial charge >= 0.3 is 0 Å². The summed E-state index contributed by atoms with van der Waals surface area (Å²) in [7, 11) is 0. The molecular formula is C21H24IN3O3. The third kappa shape index (κ3) is 4.59. The number of nitrogens with zero attached hydrogens (tertiary/aromatic N) is 2. The quantitative estimate of drug-likeness (QED) is 0.664. The first kappa shape index (κ1) is 19.5. The fourth-order valence-corrected chi connectivity index (χ4v) is 4.08. The molecule has 0 saturated carbocycles. The number of nitrogens with one attached hydrogen (secondary N) is 1. The molecule has 2 heterocycles. The van der Waals surface area contributed by atoms with Crippen molar-refractivity contribution in [2.75, 3.05) is 67.7 Å². The Kier molecular flexibility index (Phi) is 6.33. The predicted octanol–water partition coefficient (Wildman–Crippen LogP) is 3.22. The Labute approximate surface area is 178 Å². The van der Waals surface area contributed by atoms with E-state index in [9.17, 15) is 4.79 Å². The molecule has 0 radical (unpaired) electrons. The molecule has 2 aromatic carbocycles. The summed E-state index contributed by atoms with van der Waals surface area (Å²) in [4.78, 5) is 17.4. The van der Waals surface area contributed by atoms with Gasteiger partial charge < -0.3 is 24.6 Å². The van der Waals surface area contributed by atoms with Crippen molar-refractivity contribution in [1.82, 2.24) is 0 Å². The second-order valence-corrected chi connectivity index (χ2v) is 8.11. The number of ether oxygens (including phenoxy) is 2. The van der Waals surface area contributed by atoms with Gasteiger partial charge in [0.2, 0.25) is 0 Å². The van der Waals surface area contributed by atoms with Gasteiger partial charge in [0.15, 0.2) is 0 Å². The highest BCUT2D eigenvalue weighted by atomic mass is 127. The summed E-state index contributed by atoms with van der Waals surface area (Å²) >= 11 is 2.22. The highest BCUT2D eigenvalue weighted by Crippen LogP contribution is 2.32. The van der Waals surface area contributed by atoms with E-state index in [0.29, 0.717) is 18.8 Å². The van der Waals surface area contributed by atoms with E-state index in [4.69, 9.17) is 9.47 Å². The summed E-state index contributed by atoms with van der Waals surface area (Å²) < 4.78 is 12.0. The fourth-order valence-electron chi connectivity index (χ4n) is 3.53. The van der Waals surface area contributed by atoms with Crippen molar-refractivity contribution in [1.29, 1.82) is 0 Å². The first-order chi connectivity index (χ1) is 13.7. The summed E-state index contributed by atoms with van der Waals surface area (Å²) in [5, 5.41) is 3.11. The standard InChI is InChI=1S/C21H24IN3O3/c22-17-3-1-2-16(14-17)21(26)23-19-5-4-18(24-6-10-27-11-7-24)15-20(19)25-8-12-28-13-9-25/h1-5,14-15H,6-13H2,(H,23,26). The summed E-state index contributed by atoms with van der Waals surface area (Å²) in [5.41, 5.74) is 3.71. The largest absolute Gasteiger partial charge is 0.378 e. The van der Waals surface area contributed by atoms with Crippen LogP contribution in [0.1, 0.15) is 10.4 Å². The van der Waals surface area contributed by atoms with Crippen molar-refractivity contribution in [2.24, 2.45) is 0 Å². The topological polar surface area (TPSA) is 54.0 Å². The molecular weight excluding hydrogens is 469 g/mol. The molecule has 0 spiro atoms. The van der Waals surface area contributed by atoms with E-state index in [-0.39, 0.29) is 5.91 Å². The first-order valence-electron chi connectivity index (χ1n) is 9.57. The Morgan fingerprint density at radius 3 is 2.25 bits per heavy atom. The van der Waals surface area contributed by atoms with E-state index < -0.39 is 0 Å². The zero-order valence-corrected chi connectivity index (χ0v) is 17.9. The average Bonchev–Trinajstić information content (AvgIpc) is 2.75. The number of anilines is 3. The van der Waals surface area contributed by atoms with Crippen molar-refractivity contribution in [2.45, 2.75) is 0 Å². The minimum atomic E-state index is -0.0906. The van der Waals surface area contributed by atoms with Crippen LogP contribution in [-0.2, 0) is 9.47 Å². The molecule has 7 heteroatoms. The van der Waals surface area contributed by atoms with Gasteiger partial charge in [-0.3, -0.25) is 4.79 Å². The SMILES string of the molecule is O=C(Nc1ccc(N2CCOCC2)cc1N1CCOCC1)c1cccc(I)c1. The third-order valence-corrected chi connectivity index (χ3v) is 5.72. The van der Waals surface area contributed by atoms with Crippen LogP contribution in [0.3, 0.4) is 0 Å². The van der Waals surface area contributed by atoms with Crippen LogP contribution in [-0.4, -0.2) is 58.5 Å². The highest BCUT2D eigenvalue weighted by Gasteiger charge is 2.20. The molecule has 0 aromatic heterocycles. The van der Waals surface area contributed by atoms with Gasteiger partial charge in [0.1, 0.15) is 0 Å². The van der Waals surface area contributed by atoms with E-state index in [0.717, 1.165) is 60.0 Å². The summed E-state index contributed by atoms with van der Waals surface area (Å²) in [6.07, 6.45) is 0. The number of carbonyl (C=O) groups excluding carboxylic acids is 1. The minimum Gasteiger partial charge on any atom is -0.378 e. The van der Waals surface area contributed by atoms with E-state index in [1.165, 1.54) is 0 Å². The Morgan fingerprint density at radius 2 is 1.57 bits per heavy atom. The lowest BCUT2D eigenvalue weighted by Gasteiger charge is -2.33. The molecule has 0 unspecified atom stereocenters. The van der Waals surface area contributed by atoms with Crippen LogP contribution in [0.4, 0.5) is 17.1 Å². The van der Waals surface area contributed by atoms with E-state index >= 15 is 0 Å². The molecule has 6 nitrogen and oxygen atoms in total. The second kappa shape index (κ2) is 9.11. The van der Waals surface area contributed by atoms with Crippen LogP contribution in [0.5, 0.6) is 0 Å². The van der Waals surface area contributed by atoms with E-state index in [1.807, 2.05) is 30.3 Å². The summed E-state index contributed by atoms with van der Waals surface area (Å²) in [6, 6.07) is 13.9. The number of rotatable bonds is 4. The second-order valence-electron chi connectivity index (χ2n) is 6.86. The molecule has 148 valence electrons. The maximum atomic E-state index is 12.8. The van der Waals surface area contributed by atoms with Crippen molar-refractivity contribution in [3.63, 3.8) is 0 Å². The monoisotopic (exact) mass is 493 g/mol. The Morgan fingerprint density at radius 1 is 0.893 bits per heavy atom. The van der Waals surface area contributed by atoms with Crippen molar-refractivity contribution in [3.8, 4) is 0 Å². The normalized spacial score (nSPS) is 17.5. The predicted molar refractivity (Wildman–Crippen MR) is 120 cm³/mol. The maximum Gasteiger partial charge on any atom is 0.255 e. The number of carbonyl (C=O) groups is 1. The van der Waals surface area contributed by atoms with Crippen LogP contribution >= 0.6 is 22.6 Å². The van der Waals surface area contributed by atoms with Crippen molar-refractivity contribution >= 4 is 45.6 Å². The highest BCUT2D eigenvalue weighted by molar-refractivity contribution is 14.1. The number of hydrogen-bond donors (Lipinski definition) is 1. The molecule has 0 aliphatic carbocycles. The lowest BCUT2D eigenvalue weighted by molar-refractivity contribution is 0.102. The molecule has 2 saturated heterocycles. The van der Waals surface area contributed by atoms with Crippen LogP contribution in [0.2, 0.25) is 0 Å². The molecule has 2 aliphatic heterocycles. The van der Waals surface area contributed by atoms with Gasteiger partial charge in [-0.15, -0.1) is 0 Å². The van der Waals surface area contributed by atoms with Crippen LogP contribution in [0, 0.1) is 3.57 Å². The van der Waals surface area contributed by atoms with E-state index in [1.54, 1.807) is 0 Å². The van der Waals surface area contributed by atoms with Gasteiger partial charge in [-0.2, -0.15) is 0 Å². The van der Waals surface area contributed by atoms with Crippen LogP contribution in [0.15, 0.2) is 42.5 Å². The molecule has 2 fully saturated rings. The van der Waals surface area contributed by atoms with Gasteiger partial charge in [-0.25, -0.2) is 0 Å². The first-order valence-corrected chi connectivity index (χ1v) is 10.6. The zero-order valence-electron chi connectivity index (χ0n) is 15.7. The fraction of sp³-hybridized carbons (Fsp3) is 0.381. The number of amides is 1. The molecule has 2 aromatic rings. The third-order valence-electron chi connectivity index (χ3n) is 5.04. The average molecular weight is 493 g/mol. The molecule has 0 atom stereocenters. The Bertz CT molecular complexity index is 833. The Balaban J connectivity index is 1.62. The lowest BCUT2D eigenvalue weighted by atomic mass is 10.1. The van der Waals surface area contributed by atoms with Gasteiger partial charge in [-0.05, 0) is 59.0 Å². The zero-order chi connectivity index (χ0) is 19.3. The smallest absolute Gasteiger partial charge is 0.255 e. The summed E-state index contributed by atoms with van der Waals surface area (Å²) in [5.74, 6) is -0.0906. The number of morpholine rings is 2. The van der Waals surface area contributed by atoms with Crippen LogP contribution < -0.4 is 15.1 Å². The minimum absolute atomic E-state index is 0.0906. The number of halogens is 1. The maximum absolute atomic E-state index is 12.8. The summed E-state index contributed by atoms with van der Waals surface area (Å²) in [6.45, 7) is 6.30. The van der Waals surface area contributed by atoms with Crippen LogP contribution in [0.25, 0.3) is 0 Å². The molecule has 1 amide bonds. The molecule has 2 aliphatic rings. The van der Waals surface area contributed by atoms with E-state index in [2.05, 4.69) is 49.8 Å². The number of hydrogen-bond acceptors (Lipinski definition) is 5. The van der Waals surface area contributed by atoms with Crippen molar-refractivity contribution in [3.05, 3.63) is 51.6 Å². The van der Waals surface area contributed by atoms with Gasteiger partial charge in [0.05, 0.1) is 37.8 Å². The molecule has 4 rings (SSSR count).